The molecule has 1 fully saturated rings. The van der Waals surface area contributed by atoms with Crippen molar-refractivity contribution < 1.29 is 9.18 Å². The summed E-state index contributed by atoms with van der Waals surface area (Å²) in [5.74, 6) is -0.514. The predicted octanol–water partition coefficient (Wildman–Crippen LogP) is 5.32. The number of nitrogens with zero attached hydrogens (tertiary/aromatic N) is 3. The molecule has 3 heterocycles. The second-order valence-corrected chi connectivity index (χ2v) is 9.15. The number of thiocarbonyl (C=S) groups is 1. The molecule has 1 aliphatic rings. The zero-order chi connectivity index (χ0) is 25.1. The monoisotopic (exact) mass is 499 g/mol. The van der Waals surface area contributed by atoms with Crippen LogP contribution < -0.4 is 10.6 Å². The quantitative estimate of drug-likeness (QED) is 0.337. The Morgan fingerprint density at radius 3 is 2.67 bits per heavy atom. The molecule has 0 saturated carbocycles. The molecule has 2 aromatic carbocycles. The second kappa shape index (κ2) is 10.3. The molecular weight excluding hydrogens is 473 g/mol. The fraction of sp³-hybridized carbons (Fsp3) is 0.179. The fourth-order valence-corrected chi connectivity index (χ4v) is 4.93. The van der Waals surface area contributed by atoms with Gasteiger partial charge in [-0.15, -0.1) is 0 Å². The van der Waals surface area contributed by atoms with E-state index in [1.807, 2.05) is 36.5 Å². The molecule has 5 rings (SSSR count). The van der Waals surface area contributed by atoms with E-state index in [9.17, 15) is 9.18 Å². The van der Waals surface area contributed by atoms with Crippen molar-refractivity contribution in [3.8, 4) is 5.69 Å². The lowest BCUT2D eigenvalue weighted by molar-refractivity contribution is -0.116. The summed E-state index contributed by atoms with van der Waals surface area (Å²) in [5, 5.41) is 6.84. The van der Waals surface area contributed by atoms with E-state index >= 15 is 0 Å². The number of benzene rings is 2. The minimum Gasteiger partial charge on any atom is -0.352 e. The van der Waals surface area contributed by atoms with E-state index in [0.717, 1.165) is 17.1 Å². The van der Waals surface area contributed by atoms with E-state index in [4.69, 9.17) is 12.2 Å². The summed E-state index contributed by atoms with van der Waals surface area (Å²) in [6.45, 7) is 2.48. The summed E-state index contributed by atoms with van der Waals surface area (Å²) < 4.78 is 15.4. The number of carbonyl (C=O) groups is 1. The number of aromatic nitrogens is 2. The smallest absolute Gasteiger partial charge is 0.226 e. The molecule has 0 spiro atoms. The van der Waals surface area contributed by atoms with Crippen molar-refractivity contribution in [2.45, 2.75) is 25.4 Å². The van der Waals surface area contributed by atoms with Crippen LogP contribution in [0.3, 0.4) is 0 Å². The maximum absolute atomic E-state index is 13.2. The third-order valence-corrected chi connectivity index (χ3v) is 6.62. The van der Waals surface area contributed by atoms with Gasteiger partial charge < -0.3 is 20.1 Å². The van der Waals surface area contributed by atoms with E-state index in [1.54, 1.807) is 18.3 Å². The highest BCUT2D eigenvalue weighted by molar-refractivity contribution is 7.80. The van der Waals surface area contributed by atoms with Crippen LogP contribution in [-0.4, -0.2) is 32.0 Å². The van der Waals surface area contributed by atoms with E-state index in [-0.39, 0.29) is 30.2 Å². The van der Waals surface area contributed by atoms with Gasteiger partial charge in [-0.1, -0.05) is 18.2 Å². The Labute approximate surface area is 214 Å². The third-order valence-electron chi connectivity index (χ3n) is 6.27. The lowest BCUT2D eigenvalue weighted by Crippen LogP contribution is -2.33. The first-order valence-electron chi connectivity index (χ1n) is 11.8. The molecule has 2 aromatic heterocycles. The van der Waals surface area contributed by atoms with Crippen molar-refractivity contribution in [1.29, 1.82) is 0 Å². The van der Waals surface area contributed by atoms with Crippen LogP contribution in [-0.2, 0) is 4.79 Å². The van der Waals surface area contributed by atoms with Gasteiger partial charge >= 0.3 is 0 Å². The largest absolute Gasteiger partial charge is 0.352 e. The number of amides is 1. The predicted molar refractivity (Wildman–Crippen MR) is 142 cm³/mol. The van der Waals surface area contributed by atoms with Crippen molar-refractivity contribution in [3.05, 3.63) is 114 Å². The van der Waals surface area contributed by atoms with Gasteiger partial charge in [-0.05, 0) is 85.4 Å². The van der Waals surface area contributed by atoms with Gasteiger partial charge in [0, 0.05) is 42.4 Å². The average Bonchev–Trinajstić information content (AvgIpc) is 3.49. The Balaban J connectivity index is 1.44. The summed E-state index contributed by atoms with van der Waals surface area (Å²) in [6, 6.07) is 23.6. The average molecular weight is 500 g/mol. The Kier molecular flexibility index (Phi) is 6.77. The molecule has 2 N–H and O–H groups in total. The van der Waals surface area contributed by atoms with Crippen LogP contribution in [0, 0.1) is 12.7 Å². The van der Waals surface area contributed by atoms with Crippen LogP contribution in [0.15, 0.2) is 91.3 Å². The molecule has 0 bridgehead atoms. The van der Waals surface area contributed by atoms with E-state index in [1.165, 1.54) is 17.7 Å². The van der Waals surface area contributed by atoms with Gasteiger partial charge in [0.25, 0.3) is 0 Å². The molecule has 1 aliphatic heterocycles. The molecule has 4 aromatic rings. The van der Waals surface area contributed by atoms with Gasteiger partial charge in [0.05, 0.1) is 17.8 Å². The van der Waals surface area contributed by atoms with Crippen LogP contribution >= 0.6 is 12.2 Å². The van der Waals surface area contributed by atoms with Crippen LogP contribution in [0.1, 0.15) is 35.5 Å². The van der Waals surface area contributed by atoms with Gasteiger partial charge in [-0.2, -0.15) is 0 Å². The molecule has 0 unspecified atom stereocenters. The number of carbonyl (C=O) groups excluding carboxylic acids is 1. The Hall–Kier alpha value is -4.04. The molecule has 0 aliphatic carbocycles. The molecular formula is C28H26FN5OS. The van der Waals surface area contributed by atoms with Crippen molar-refractivity contribution >= 4 is 28.9 Å². The summed E-state index contributed by atoms with van der Waals surface area (Å²) in [5.41, 5.74) is 4.70. The molecule has 1 saturated heterocycles. The van der Waals surface area contributed by atoms with Crippen molar-refractivity contribution in [1.82, 2.24) is 19.8 Å². The highest BCUT2D eigenvalue weighted by Gasteiger charge is 2.41. The second-order valence-electron chi connectivity index (χ2n) is 8.77. The van der Waals surface area contributed by atoms with Crippen molar-refractivity contribution in [2.75, 3.05) is 11.9 Å². The maximum atomic E-state index is 13.2. The number of aryl methyl sites for hydroxylation is 1. The van der Waals surface area contributed by atoms with E-state index in [0.29, 0.717) is 17.3 Å². The number of hydrogen-bond donors (Lipinski definition) is 2. The standard InChI is InChI=1S/C28H26FN5OS/c1-19-6-4-7-22(18-19)33-16-5-9-24(33)27-26(23-8-2-3-15-30-23)32-28(36)34(27)17-14-25(35)31-21-12-10-20(29)11-13-21/h2-13,15-16,18,26-27H,14,17H2,1H3,(H,31,35)(H,32,36)/t26-,27-/m0/s1. The SMILES string of the molecule is Cc1cccc(-n2cccc2[C@H]2[C@H](c3ccccn3)NC(=S)N2CCC(=O)Nc2ccc(F)cc2)c1. The van der Waals surface area contributed by atoms with Crippen molar-refractivity contribution in [3.63, 3.8) is 0 Å². The van der Waals surface area contributed by atoms with Crippen LogP contribution in [0.25, 0.3) is 5.69 Å². The zero-order valence-electron chi connectivity index (χ0n) is 19.8. The van der Waals surface area contributed by atoms with Crippen LogP contribution in [0.4, 0.5) is 10.1 Å². The van der Waals surface area contributed by atoms with E-state index < -0.39 is 0 Å². The normalized spacial score (nSPS) is 17.2. The van der Waals surface area contributed by atoms with Gasteiger partial charge in [0.2, 0.25) is 5.91 Å². The molecule has 36 heavy (non-hydrogen) atoms. The molecule has 182 valence electrons. The Morgan fingerprint density at radius 2 is 1.92 bits per heavy atom. The first kappa shape index (κ1) is 23.7. The van der Waals surface area contributed by atoms with Crippen LogP contribution in [0.2, 0.25) is 0 Å². The summed E-state index contributed by atoms with van der Waals surface area (Å²) in [4.78, 5) is 19.4. The van der Waals surface area contributed by atoms with Gasteiger partial charge in [-0.3, -0.25) is 9.78 Å². The molecule has 6 nitrogen and oxygen atoms in total. The number of hydrogen-bond acceptors (Lipinski definition) is 3. The Morgan fingerprint density at radius 1 is 1.08 bits per heavy atom. The third kappa shape index (κ3) is 4.99. The summed E-state index contributed by atoms with van der Waals surface area (Å²) >= 11 is 5.75. The Bertz CT molecular complexity index is 1370. The van der Waals surface area contributed by atoms with Crippen molar-refractivity contribution in [2.24, 2.45) is 0 Å². The lowest BCUT2D eigenvalue weighted by Gasteiger charge is -2.29. The molecule has 2 atom stereocenters. The first-order valence-corrected chi connectivity index (χ1v) is 12.2. The fourth-order valence-electron chi connectivity index (χ4n) is 4.59. The minimum absolute atomic E-state index is 0.168. The highest BCUT2D eigenvalue weighted by atomic mass is 32.1. The van der Waals surface area contributed by atoms with Gasteiger partial charge in [0.1, 0.15) is 5.82 Å². The molecule has 0 radical (unpaired) electrons. The number of pyridine rings is 1. The number of anilines is 1. The summed E-state index contributed by atoms with van der Waals surface area (Å²) in [7, 11) is 0. The highest BCUT2D eigenvalue weighted by Crippen LogP contribution is 2.39. The van der Waals surface area contributed by atoms with Gasteiger partial charge in [0.15, 0.2) is 5.11 Å². The molecule has 8 heteroatoms. The molecule has 1 amide bonds. The first-order chi connectivity index (χ1) is 17.5. The summed E-state index contributed by atoms with van der Waals surface area (Å²) in [6.07, 6.45) is 4.03. The van der Waals surface area contributed by atoms with Crippen LogP contribution in [0.5, 0.6) is 0 Å². The van der Waals surface area contributed by atoms with Gasteiger partial charge in [-0.25, -0.2) is 4.39 Å². The number of halogens is 1. The lowest BCUT2D eigenvalue weighted by atomic mass is 10.0. The maximum Gasteiger partial charge on any atom is 0.226 e. The number of rotatable bonds is 7. The zero-order valence-corrected chi connectivity index (χ0v) is 20.6. The minimum atomic E-state index is -0.346. The van der Waals surface area contributed by atoms with E-state index in [2.05, 4.69) is 56.3 Å². The number of nitrogens with one attached hydrogen (secondary N) is 2. The topological polar surface area (TPSA) is 62.2 Å².